The minimum atomic E-state index is -0.221. The van der Waals surface area contributed by atoms with Gasteiger partial charge < -0.3 is 9.73 Å². The van der Waals surface area contributed by atoms with Crippen molar-refractivity contribution in [3.63, 3.8) is 0 Å². The van der Waals surface area contributed by atoms with E-state index in [1.54, 1.807) is 6.07 Å². The molecule has 1 aromatic carbocycles. The molecule has 22 heavy (non-hydrogen) atoms. The van der Waals surface area contributed by atoms with Crippen LogP contribution in [0.5, 0.6) is 0 Å². The third kappa shape index (κ3) is 2.57. The quantitative estimate of drug-likeness (QED) is 0.754. The Morgan fingerprint density at radius 3 is 2.86 bits per heavy atom. The van der Waals surface area contributed by atoms with Gasteiger partial charge in [0.2, 0.25) is 0 Å². The van der Waals surface area contributed by atoms with E-state index in [4.69, 9.17) is 10.8 Å². The molecule has 2 aromatic heterocycles. The van der Waals surface area contributed by atoms with Gasteiger partial charge in [0.1, 0.15) is 11.5 Å². The molecule has 3 aromatic rings. The molecule has 4 heteroatoms. The molecule has 1 N–H and O–H groups in total. The summed E-state index contributed by atoms with van der Waals surface area (Å²) in [6.45, 7) is 2.05. The first-order valence-electron chi connectivity index (χ1n) is 6.87. The van der Waals surface area contributed by atoms with Crippen LogP contribution in [0.4, 0.5) is 0 Å². The smallest absolute Gasteiger partial charge is 0.252 e. The van der Waals surface area contributed by atoms with Gasteiger partial charge in [-0.15, -0.1) is 6.42 Å². The van der Waals surface area contributed by atoms with Gasteiger partial charge >= 0.3 is 0 Å². The normalized spacial score (nSPS) is 10.4. The highest BCUT2D eigenvalue weighted by Gasteiger charge is 2.14. The van der Waals surface area contributed by atoms with Crippen molar-refractivity contribution in [2.24, 2.45) is 0 Å². The molecule has 3 rings (SSSR count). The van der Waals surface area contributed by atoms with Crippen LogP contribution in [0.1, 0.15) is 16.1 Å². The molecule has 108 valence electrons. The van der Waals surface area contributed by atoms with Gasteiger partial charge in [-0.2, -0.15) is 0 Å². The van der Waals surface area contributed by atoms with E-state index in [-0.39, 0.29) is 12.5 Å². The van der Waals surface area contributed by atoms with Crippen LogP contribution in [-0.4, -0.2) is 17.4 Å². The topological polar surface area (TPSA) is 55.1 Å². The van der Waals surface area contributed by atoms with Gasteiger partial charge in [-0.05, 0) is 31.2 Å². The van der Waals surface area contributed by atoms with Crippen LogP contribution in [0.3, 0.4) is 0 Å². The van der Waals surface area contributed by atoms with Crippen LogP contribution in [0.2, 0.25) is 0 Å². The maximum atomic E-state index is 12.3. The van der Waals surface area contributed by atoms with Crippen molar-refractivity contribution in [2.45, 2.75) is 6.92 Å². The number of hydrogen-bond donors (Lipinski definition) is 1. The van der Waals surface area contributed by atoms with Crippen LogP contribution in [-0.2, 0) is 0 Å². The summed E-state index contributed by atoms with van der Waals surface area (Å²) in [7, 11) is 0. The molecule has 0 bridgehead atoms. The summed E-state index contributed by atoms with van der Waals surface area (Å²) in [5.74, 6) is 3.61. The molecule has 4 nitrogen and oxygen atoms in total. The summed E-state index contributed by atoms with van der Waals surface area (Å²) in [6.07, 6.45) is 5.20. The van der Waals surface area contributed by atoms with Gasteiger partial charge in [-0.25, -0.2) is 4.98 Å². The second-order valence-corrected chi connectivity index (χ2v) is 4.87. The third-order valence-electron chi connectivity index (χ3n) is 3.30. The number of hydrogen-bond acceptors (Lipinski definition) is 3. The zero-order valence-electron chi connectivity index (χ0n) is 12.1. The van der Waals surface area contributed by atoms with Gasteiger partial charge in [-0.3, -0.25) is 4.79 Å². The van der Waals surface area contributed by atoms with Crippen molar-refractivity contribution in [3.05, 3.63) is 53.8 Å². The Morgan fingerprint density at radius 1 is 1.32 bits per heavy atom. The lowest BCUT2D eigenvalue weighted by Crippen LogP contribution is -2.23. The first-order valence-corrected chi connectivity index (χ1v) is 6.87. The van der Waals surface area contributed by atoms with E-state index in [1.165, 1.54) is 0 Å². The van der Waals surface area contributed by atoms with E-state index in [0.29, 0.717) is 17.0 Å². The lowest BCUT2D eigenvalue weighted by atomic mass is 10.1. The standard InChI is InChI=1S/C18H14N2O2/c1-3-10-19-18(21)14-11-16(17-9-8-12(2)22-17)20-15-7-5-4-6-13(14)15/h1,4-9,11H,10H2,2H3,(H,19,21). The van der Waals surface area contributed by atoms with E-state index in [9.17, 15) is 4.79 Å². The van der Waals surface area contributed by atoms with Crippen LogP contribution in [0.15, 0.2) is 46.9 Å². The highest BCUT2D eigenvalue weighted by molar-refractivity contribution is 6.07. The van der Waals surface area contributed by atoms with Gasteiger partial charge in [0.25, 0.3) is 5.91 Å². The molecule has 0 aliphatic carbocycles. The highest BCUT2D eigenvalue weighted by Crippen LogP contribution is 2.26. The number of carbonyl (C=O) groups excluding carboxylic acids is 1. The predicted octanol–water partition coefficient (Wildman–Crippen LogP) is 3.17. The second-order valence-electron chi connectivity index (χ2n) is 4.87. The number of nitrogens with zero attached hydrogens (tertiary/aromatic N) is 1. The largest absolute Gasteiger partial charge is 0.460 e. The number of pyridine rings is 1. The van der Waals surface area contributed by atoms with Crippen LogP contribution >= 0.6 is 0 Å². The molecule has 0 fully saturated rings. The molecular weight excluding hydrogens is 276 g/mol. The first-order chi connectivity index (χ1) is 10.7. The van der Waals surface area contributed by atoms with Crippen LogP contribution in [0.25, 0.3) is 22.4 Å². The maximum absolute atomic E-state index is 12.3. The fourth-order valence-corrected chi connectivity index (χ4v) is 2.29. The number of rotatable bonds is 3. The summed E-state index contributed by atoms with van der Waals surface area (Å²) in [5.41, 5.74) is 1.89. The summed E-state index contributed by atoms with van der Waals surface area (Å²) < 4.78 is 5.61. The monoisotopic (exact) mass is 290 g/mol. The van der Waals surface area contributed by atoms with E-state index in [0.717, 1.165) is 16.7 Å². The zero-order chi connectivity index (χ0) is 15.5. The van der Waals surface area contributed by atoms with Gasteiger partial charge in [0.05, 0.1) is 17.6 Å². The highest BCUT2D eigenvalue weighted by atomic mass is 16.3. The summed E-state index contributed by atoms with van der Waals surface area (Å²) in [6, 6.07) is 12.9. The van der Waals surface area contributed by atoms with E-state index >= 15 is 0 Å². The molecule has 0 saturated heterocycles. The van der Waals surface area contributed by atoms with Crippen molar-refractivity contribution in [1.29, 1.82) is 0 Å². The minimum absolute atomic E-state index is 0.185. The number of furan rings is 1. The lowest BCUT2D eigenvalue weighted by molar-refractivity contribution is 0.0960. The molecule has 1 amide bonds. The number of amides is 1. The van der Waals surface area contributed by atoms with Gasteiger partial charge in [0.15, 0.2) is 5.76 Å². The van der Waals surface area contributed by atoms with Crippen LogP contribution < -0.4 is 5.32 Å². The number of aryl methyl sites for hydroxylation is 1. The second kappa shape index (κ2) is 5.74. The number of aromatic nitrogens is 1. The fraction of sp³-hybridized carbons (Fsp3) is 0.111. The Kier molecular flexibility index (Phi) is 3.63. The molecule has 0 unspecified atom stereocenters. The van der Waals surface area contributed by atoms with Crippen molar-refractivity contribution in [3.8, 4) is 23.8 Å². The SMILES string of the molecule is C#CCNC(=O)c1cc(-c2ccc(C)o2)nc2ccccc12. The van der Waals surface area contributed by atoms with Crippen molar-refractivity contribution in [2.75, 3.05) is 6.54 Å². The van der Waals surface area contributed by atoms with E-state index in [1.807, 2.05) is 43.3 Å². The van der Waals surface area contributed by atoms with E-state index < -0.39 is 0 Å². The number of terminal acetylenes is 1. The lowest BCUT2D eigenvalue weighted by Gasteiger charge is -2.08. The van der Waals surface area contributed by atoms with Crippen molar-refractivity contribution < 1.29 is 9.21 Å². The van der Waals surface area contributed by atoms with Crippen molar-refractivity contribution >= 4 is 16.8 Å². The third-order valence-corrected chi connectivity index (χ3v) is 3.30. The maximum Gasteiger partial charge on any atom is 0.252 e. The molecule has 2 heterocycles. The Morgan fingerprint density at radius 2 is 2.14 bits per heavy atom. The molecule has 0 aliphatic heterocycles. The Hall–Kier alpha value is -3.06. The van der Waals surface area contributed by atoms with Crippen molar-refractivity contribution in [1.82, 2.24) is 10.3 Å². The number of para-hydroxylation sites is 1. The minimum Gasteiger partial charge on any atom is -0.460 e. The number of benzene rings is 1. The molecular formula is C18H14N2O2. The summed E-state index contributed by atoms with van der Waals surface area (Å²) in [5, 5.41) is 3.47. The molecule has 0 spiro atoms. The van der Waals surface area contributed by atoms with Gasteiger partial charge in [0, 0.05) is 5.39 Å². The van der Waals surface area contributed by atoms with Crippen LogP contribution in [0, 0.1) is 19.3 Å². The summed E-state index contributed by atoms with van der Waals surface area (Å²) >= 11 is 0. The molecule has 0 atom stereocenters. The predicted molar refractivity (Wildman–Crippen MR) is 85.3 cm³/mol. The molecule has 0 aliphatic rings. The zero-order valence-corrected chi connectivity index (χ0v) is 12.1. The Balaban J connectivity index is 2.16. The molecule has 0 saturated carbocycles. The summed E-state index contributed by atoms with van der Waals surface area (Å²) in [4.78, 5) is 16.9. The average Bonchev–Trinajstić information content (AvgIpc) is 2.98. The average molecular weight is 290 g/mol. The van der Waals surface area contributed by atoms with E-state index in [2.05, 4.69) is 16.2 Å². The number of nitrogens with one attached hydrogen (secondary N) is 1. The molecule has 0 radical (unpaired) electrons. The number of fused-ring (bicyclic) bond motifs is 1. The fourth-order valence-electron chi connectivity index (χ4n) is 2.29. The Labute approximate surface area is 128 Å². The first kappa shape index (κ1) is 13.9. The number of carbonyl (C=O) groups is 1. The van der Waals surface area contributed by atoms with Gasteiger partial charge in [-0.1, -0.05) is 24.1 Å². The Bertz CT molecular complexity index is 887.